The Bertz CT molecular complexity index is 1290. The number of nitrogens with one attached hydrogen (secondary N) is 1. The third-order valence-electron chi connectivity index (χ3n) is 5.45. The van der Waals surface area contributed by atoms with E-state index in [4.69, 9.17) is 28.0 Å². The molecule has 0 fully saturated rings. The number of carbonyl (C=O) groups is 1. The smallest absolute Gasteiger partial charge is 0.374 e. The van der Waals surface area contributed by atoms with Gasteiger partial charge in [-0.25, -0.2) is 4.98 Å². The van der Waals surface area contributed by atoms with Crippen molar-refractivity contribution in [3.05, 3.63) is 79.8 Å². The Morgan fingerprint density at radius 2 is 1.94 bits per heavy atom. The van der Waals surface area contributed by atoms with Gasteiger partial charge in [0.25, 0.3) is 11.5 Å². The van der Waals surface area contributed by atoms with Crippen LogP contribution in [0.15, 0.2) is 51.3 Å². The number of amides is 1. The molecule has 0 saturated carbocycles. The number of nitrogens with zero attached hydrogens (tertiary/aromatic N) is 2. The number of alkyl halides is 3. The standard InChI is InChI=1S/C23H18Cl2F3N3O2S2/c1-12-5-13(3-4-18(12)20(32)29-10-17-11-35-21(30-17)34-2)19-9-22(33-31-19,23(26,27)28)14-6-15(24)8-16(25)7-14/h3-8,11H,9-10H2,1-2H3,(H,29,32). The Balaban J connectivity index is 1.53. The summed E-state index contributed by atoms with van der Waals surface area (Å²) in [4.78, 5) is 22.1. The molecule has 0 aliphatic carbocycles. The molecule has 35 heavy (non-hydrogen) atoms. The van der Waals surface area contributed by atoms with Crippen molar-refractivity contribution in [2.24, 2.45) is 5.16 Å². The van der Waals surface area contributed by atoms with E-state index in [1.165, 1.54) is 41.3 Å². The minimum absolute atomic E-state index is 0.0571. The van der Waals surface area contributed by atoms with Gasteiger partial charge in [-0.1, -0.05) is 46.2 Å². The lowest BCUT2D eigenvalue weighted by Gasteiger charge is -2.29. The number of halogens is 5. The van der Waals surface area contributed by atoms with E-state index in [1.54, 1.807) is 25.1 Å². The Morgan fingerprint density at radius 1 is 1.23 bits per heavy atom. The van der Waals surface area contributed by atoms with Crippen molar-refractivity contribution in [1.82, 2.24) is 10.3 Å². The number of hydrogen-bond donors (Lipinski definition) is 1. The normalized spacial score (nSPS) is 17.7. The first-order valence-corrected chi connectivity index (χ1v) is 13.0. The fourth-order valence-corrected chi connectivity index (χ4v) is 5.48. The highest BCUT2D eigenvalue weighted by molar-refractivity contribution is 8.00. The molecule has 1 aromatic heterocycles. The van der Waals surface area contributed by atoms with Crippen molar-refractivity contribution in [2.45, 2.75) is 36.0 Å². The number of carbonyl (C=O) groups excluding carboxylic acids is 1. The van der Waals surface area contributed by atoms with Crippen LogP contribution in [0.25, 0.3) is 0 Å². The van der Waals surface area contributed by atoms with Gasteiger partial charge in [0.2, 0.25) is 0 Å². The second-order valence-electron chi connectivity index (χ2n) is 7.81. The highest BCUT2D eigenvalue weighted by atomic mass is 35.5. The molecule has 1 N–H and O–H groups in total. The summed E-state index contributed by atoms with van der Waals surface area (Å²) in [6.07, 6.45) is -3.43. The summed E-state index contributed by atoms with van der Waals surface area (Å²) >= 11 is 14.9. The molecule has 0 bridgehead atoms. The molecule has 2 aromatic carbocycles. The fourth-order valence-electron chi connectivity index (χ4n) is 3.67. The number of thioether (sulfide) groups is 1. The van der Waals surface area contributed by atoms with E-state index in [1.807, 2.05) is 11.6 Å². The molecule has 184 valence electrons. The minimum Gasteiger partial charge on any atom is -0.374 e. The summed E-state index contributed by atoms with van der Waals surface area (Å²) in [7, 11) is 0. The van der Waals surface area contributed by atoms with E-state index >= 15 is 0 Å². The van der Waals surface area contributed by atoms with E-state index in [9.17, 15) is 18.0 Å². The average Bonchev–Trinajstić information content (AvgIpc) is 3.44. The van der Waals surface area contributed by atoms with Crippen molar-refractivity contribution < 1.29 is 22.8 Å². The SMILES string of the molecule is CSc1nc(CNC(=O)c2ccc(C3=NOC(c4cc(Cl)cc(Cl)c4)(C(F)(F)F)C3)cc2C)cs1. The van der Waals surface area contributed by atoms with Gasteiger partial charge in [-0.2, -0.15) is 13.2 Å². The molecular weight excluding hydrogens is 542 g/mol. The minimum atomic E-state index is -4.78. The third-order valence-corrected chi connectivity index (χ3v) is 7.80. The van der Waals surface area contributed by atoms with Crippen LogP contribution in [-0.2, 0) is 17.0 Å². The molecule has 1 aliphatic heterocycles. The predicted octanol–water partition coefficient (Wildman–Crippen LogP) is 6.99. The van der Waals surface area contributed by atoms with Crippen LogP contribution in [0.3, 0.4) is 0 Å². The Hall–Kier alpha value is -2.27. The van der Waals surface area contributed by atoms with Gasteiger partial charge >= 0.3 is 6.18 Å². The first-order chi connectivity index (χ1) is 16.5. The van der Waals surface area contributed by atoms with Gasteiger partial charge in [0, 0.05) is 33.0 Å². The van der Waals surface area contributed by atoms with Crippen molar-refractivity contribution in [1.29, 1.82) is 0 Å². The van der Waals surface area contributed by atoms with Crippen molar-refractivity contribution in [2.75, 3.05) is 6.26 Å². The largest absolute Gasteiger partial charge is 0.435 e. The highest BCUT2D eigenvalue weighted by Gasteiger charge is 2.62. The zero-order valence-corrected chi connectivity index (χ0v) is 21.5. The summed E-state index contributed by atoms with van der Waals surface area (Å²) in [5, 5.41) is 8.57. The monoisotopic (exact) mass is 559 g/mol. The average molecular weight is 560 g/mol. The van der Waals surface area contributed by atoms with Gasteiger partial charge in [0.1, 0.15) is 4.34 Å². The molecule has 1 amide bonds. The van der Waals surface area contributed by atoms with Crippen LogP contribution in [-0.4, -0.2) is 29.0 Å². The van der Waals surface area contributed by atoms with Crippen LogP contribution < -0.4 is 5.32 Å². The molecule has 0 spiro atoms. The van der Waals surface area contributed by atoms with Gasteiger partial charge in [0.05, 0.1) is 18.0 Å². The number of rotatable bonds is 6. The zero-order valence-electron chi connectivity index (χ0n) is 18.4. The van der Waals surface area contributed by atoms with Crippen LogP contribution >= 0.6 is 46.3 Å². The van der Waals surface area contributed by atoms with E-state index < -0.39 is 18.2 Å². The molecule has 5 nitrogen and oxygen atoms in total. The molecule has 1 aliphatic rings. The van der Waals surface area contributed by atoms with Crippen molar-refractivity contribution in [3.8, 4) is 0 Å². The van der Waals surface area contributed by atoms with Gasteiger partial charge < -0.3 is 10.2 Å². The van der Waals surface area contributed by atoms with Crippen LogP contribution in [0.4, 0.5) is 13.2 Å². The summed E-state index contributed by atoms with van der Waals surface area (Å²) < 4.78 is 43.5. The molecule has 0 radical (unpaired) electrons. The summed E-state index contributed by atoms with van der Waals surface area (Å²) in [6, 6.07) is 8.40. The number of aryl methyl sites for hydroxylation is 1. The van der Waals surface area contributed by atoms with E-state index in [0.717, 1.165) is 10.0 Å². The maximum atomic E-state index is 14.2. The number of aromatic nitrogens is 1. The lowest BCUT2D eigenvalue weighted by Crippen LogP contribution is -2.42. The van der Waals surface area contributed by atoms with Crippen LogP contribution in [0.2, 0.25) is 10.0 Å². The maximum absolute atomic E-state index is 14.2. The van der Waals surface area contributed by atoms with Gasteiger partial charge in [-0.15, -0.1) is 11.3 Å². The lowest BCUT2D eigenvalue weighted by molar-refractivity contribution is -0.275. The molecule has 1 unspecified atom stereocenters. The predicted molar refractivity (Wildman–Crippen MR) is 133 cm³/mol. The molecule has 4 rings (SSSR count). The van der Waals surface area contributed by atoms with Crippen molar-refractivity contribution >= 4 is 57.9 Å². The van der Waals surface area contributed by atoms with Crippen LogP contribution in [0, 0.1) is 6.92 Å². The molecular formula is C23H18Cl2F3N3O2S2. The Kier molecular flexibility index (Phi) is 7.38. The Labute approximate surface area is 217 Å². The Morgan fingerprint density at radius 3 is 2.54 bits per heavy atom. The summed E-state index contributed by atoms with van der Waals surface area (Å²) in [5.74, 6) is -0.310. The van der Waals surface area contributed by atoms with Gasteiger partial charge in [-0.05, 0) is 54.6 Å². The second-order valence-corrected chi connectivity index (χ2v) is 10.6. The van der Waals surface area contributed by atoms with Crippen LogP contribution in [0.1, 0.15) is 39.2 Å². The zero-order chi connectivity index (χ0) is 25.4. The number of thiazole rings is 1. The highest BCUT2D eigenvalue weighted by Crippen LogP contribution is 2.49. The molecule has 12 heteroatoms. The maximum Gasteiger partial charge on any atom is 0.435 e. The van der Waals surface area contributed by atoms with Gasteiger partial charge in [-0.3, -0.25) is 4.79 Å². The molecule has 0 saturated heterocycles. The van der Waals surface area contributed by atoms with E-state index in [2.05, 4.69) is 15.5 Å². The van der Waals surface area contributed by atoms with Gasteiger partial charge in [0.15, 0.2) is 0 Å². The first kappa shape index (κ1) is 25.8. The number of oxime groups is 1. The fraction of sp³-hybridized carbons (Fsp3) is 0.261. The molecule has 3 aromatic rings. The quantitative estimate of drug-likeness (QED) is 0.330. The van der Waals surface area contributed by atoms with Crippen LogP contribution in [0.5, 0.6) is 0 Å². The van der Waals surface area contributed by atoms with E-state index in [-0.39, 0.29) is 33.8 Å². The third kappa shape index (κ3) is 5.30. The summed E-state index contributed by atoms with van der Waals surface area (Å²) in [6.45, 7) is 1.98. The first-order valence-electron chi connectivity index (χ1n) is 10.2. The van der Waals surface area contributed by atoms with Crippen molar-refractivity contribution in [3.63, 3.8) is 0 Å². The second kappa shape index (κ2) is 10.0. The lowest BCUT2D eigenvalue weighted by atomic mass is 9.86. The van der Waals surface area contributed by atoms with E-state index in [0.29, 0.717) is 16.7 Å². The molecule has 2 heterocycles. The number of hydrogen-bond acceptors (Lipinski definition) is 6. The number of benzene rings is 2. The topological polar surface area (TPSA) is 63.6 Å². The summed E-state index contributed by atoms with van der Waals surface area (Å²) in [5.41, 5.74) is -0.699. The molecule has 1 atom stereocenters.